The van der Waals surface area contributed by atoms with Crippen molar-refractivity contribution < 1.29 is 4.79 Å². The van der Waals surface area contributed by atoms with Crippen LogP contribution in [0.5, 0.6) is 0 Å². The molecule has 0 unspecified atom stereocenters. The number of thiazole rings is 1. The molecule has 2 heterocycles. The maximum Gasteiger partial charge on any atom is 0.271 e. The minimum atomic E-state index is -0.208. The van der Waals surface area contributed by atoms with Gasteiger partial charge >= 0.3 is 0 Å². The number of carbonyl (C=O) groups is 1. The van der Waals surface area contributed by atoms with Gasteiger partial charge in [0.15, 0.2) is 0 Å². The molecular formula is C19H14ClN5OS. The number of benzene rings is 2. The van der Waals surface area contributed by atoms with Crippen LogP contribution in [0.4, 0.5) is 0 Å². The molecule has 0 radical (unpaired) electrons. The fraction of sp³-hybridized carbons (Fsp3) is 0.0526. The maximum absolute atomic E-state index is 12.4. The van der Waals surface area contributed by atoms with Gasteiger partial charge in [-0.2, -0.15) is 5.10 Å². The van der Waals surface area contributed by atoms with Gasteiger partial charge in [0, 0.05) is 22.5 Å². The average Bonchev–Trinajstić information content (AvgIpc) is 3.38. The molecule has 0 bridgehead atoms. The molecule has 1 amide bonds. The molecule has 0 spiro atoms. The summed E-state index contributed by atoms with van der Waals surface area (Å²) in [6, 6.07) is 15.2. The molecule has 134 valence electrons. The van der Waals surface area contributed by atoms with Crippen molar-refractivity contribution >= 4 is 28.8 Å². The van der Waals surface area contributed by atoms with Gasteiger partial charge < -0.3 is 5.32 Å². The molecule has 4 aromatic rings. The maximum atomic E-state index is 12.4. The van der Waals surface area contributed by atoms with Gasteiger partial charge in [0.25, 0.3) is 5.91 Å². The van der Waals surface area contributed by atoms with Crippen molar-refractivity contribution in [1.29, 1.82) is 0 Å². The van der Waals surface area contributed by atoms with Crippen LogP contribution in [-0.2, 0) is 6.54 Å². The molecule has 0 aliphatic carbocycles. The highest BCUT2D eigenvalue weighted by Gasteiger charge is 2.12. The van der Waals surface area contributed by atoms with E-state index in [1.54, 1.807) is 22.5 Å². The molecule has 2 aromatic heterocycles. The van der Waals surface area contributed by atoms with Crippen molar-refractivity contribution in [2.24, 2.45) is 0 Å². The number of halogens is 1. The van der Waals surface area contributed by atoms with Gasteiger partial charge in [-0.15, -0.1) is 11.3 Å². The van der Waals surface area contributed by atoms with Crippen molar-refractivity contribution in [2.45, 2.75) is 6.54 Å². The number of carbonyl (C=O) groups excluding carboxylic acids is 1. The van der Waals surface area contributed by atoms with E-state index in [0.29, 0.717) is 17.3 Å². The number of hydrogen-bond acceptors (Lipinski definition) is 5. The second-order valence-corrected chi connectivity index (χ2v) is 7.03. The van der Waals surface area contributed by atoms with Crippen molar-refractivity contribution in [3.63, 3.8) is 0 Å². The summed E-state index contributed by atoms with van der Waals surface area (Å²) in [6.07, 6.45) is 3.12. The van der Waals surface area contributed by atoms with Crippen LogP contribution in [0.1, 0.15) is 16.1 Å². The second kappa shape index (κ2) is 7.69. The molecular weight excluding hydrogens is 382 g/mol. The van der Waals surface area contributed by atoms with Crippen LogP contribution in [-0.4, -0.2) is 25.7 Å². The zero-order chi connectivity index (χ0) is 18.6. The van der Waals surface area contributed by atoms with Gasteiger partial charge in [-0.05, 0) is 29.8 Å². The predicted molar refractivity (Wildman–Crippen MR) is 105 cm³/mol. The lowest BCUT2D eigenvalue weighted by molar-refractivity contribution is 0.0946. The quantitative estimate of drug-likeness (QED) is 0.554. The largest absolute Gasteiger partial charge is 0.347 e. The van der Waals surface area contributed by atoms with Gasteiger partial charge in [-0.25, -0.2) is 14.6 Å². The number of rotatable bonds is 5. The molecule has 0 fully saturated rings. The van der Waals surface area contributed by atoms with E-state index >= 15 is 0 Å². The highest BCUT2D eigenvalue weighted by molar-refractivity contribution is 7.13. The highest BCUT2D eigenvalue weighted by atomic mass is 35.5. The number of nitrogens with one attached hydrogen (secondary N) is 1. The van der Waals surface area contributed by atoms with Crippen LogP contribution in [0.3, 0.4) is 0 Å². The minimum absolute atomic E-state index is 0.208. The lowest BCUT2D eigenvalue weighted by atomic mass is 10.2. The Morgan fingerprint density at radius 2 is 2.04 bits per heavy atom. The van der Waals surface area contributed by atoms with Crippen molar-refractivity contribution in [3.8, 4) is 16.3 Å². The Hall–Kier alpha value is -3.03. The molecule has 8 heteroatoms. The Bertz CT molecular complexity index is 1060. The zero-order valence-corrected chi connectivity index (χ0v) is 15.6. The Labute approximate surface area is 164 Å². The van der Waals surface area contributed by atoms with Crippen LogP contribution in [0, 0.1) is 0 Å². The van der Waals surface area contributed by atoms with E-state index in [2.05, 4.69) is 20.4 Å². The number of aromatic nitrogens is 4. The molecule has 0 saturated heterocycles. The van der Waals surface area contributed by atoms with Gasteiger partial charge in [-0.3, -0.25) is 4.79 Å². The summed E-state index contributed by atoms with van der Waals surface area (Å²) in [5.41, 5.74) is 3.19. The minimum Gasteiger partial charge on any atom is -0.347 e. The van der Waals surface area contributed by atoms with E-state index in [-0.39, 0.29) is 5.91 Å². The first-order chi connectivity index (χ1) is 13.2. The first-order valence-electron chi connectivity index (χ1n) is 8.13. The van der Waals surface area contributed by atoms with Crippen LogP contribution in [0.25, 0.3) is 16.3 Å². The third-order valence-electron chi connectivity index (χ3n) is 3.88. The van der Waals surface area contributed by atoms with Crippen LogP contribution in [0.15, 0.2) is 66.6 Å². The van der Waals surface area contributed by atoms with Gasteiger partial charge in [0.1, 0.15) is 23.4 Å². The molecule has 1 N–H and O–H groups in total. The van der Waals surface area contributed by atoms with Gasteiger partial charge in [0.2, 0.25) is 0 Å². The van der Waals surface area contributed by atoms with Gasteiger partial charge in [0.05, 0.1) is 5.69 Å². The Balaban J connectivity index is 1.40. The smallest absolute Gasteiger partial charge is 0.271 e. The molecule has 4 rings (SSSR count). The van der Waals surface area contributed by atoms with Crippen molar-refractivity contribution in [3.05, 3.63) is 82.8 Å². The average molecular weight is 396 g/mol. The molecule has 6 nitrogen and oxygen atoms in total. The zero-order valence-electron chi connectivity index (χ0n) is 14.0. The van der Waals surface area contributed by atoms with Crippen LogP contribution in [0.2, 0.25) is 5.02 Å². The molecule has 0 saturated carbocycles. The second-order valence-electron chi connectivity index (χ2n) is 5.74. The van der Waals surface area contributed by atoms with Crippen LogP contribution < -0.4 is 5.32 Å². The first kappa shape index (κ1) is 17.4. The van der Waals surface area contributed by atoms with Crippen LogP contribution >= 0.6 is 22.9 Å². The number of amides is 1. The lowest BCUT2D eigenvalue weighted by Gasteiger charge is -2.05. The third-order valence-corrected chi connectivity index (χ3v) is 5.01. The van der Waals surface area contributed by atoms with E-state index in [9.17, 15) is 4.79 Å². The Morgan fingerprint density at radius 1 is 1.19 bits per heavy atom. The SMILES string of the molecule is O=C(NCc1ccc(-n2cncn2)cc1)c1csc(-c2cccc(Cl)c2)n1. The van der Waals surface area contributed by atoms with Gasteiger partial charge in [-0.1, -0.05) is 35.9 Å². The van der Waals surface area contributed by atoms with E-state index in [1.165, 1.54) is 17.7 Å². The highest BCUT2D eigenvalue weighted by Crippen LogP contribution is 2.26. The van der Waals surface area contributed by atoms with E-state index in [4.69, 9.17) is 11.6 Å². The number of nitrogens with zero attached hydrogens (tertiary/aromatic N) is 4. The Morgan fingerprint density at radius 3 is 2.78 bits per heavy atom. The predicted octanol–water partition coefficient (Wildman–Crippen LogP) is 3.97. The molecule has 0 aliphatic rings. The van der Waals surface area contributed by atoms with Crippen molar-refractivity contribution in [2.75, 3.05) is 0 Å². The molecule has 27 heavy (non-hydrogen) atoms. The van der Waals surface area contributed by atoms with Crippen molar-refractivity contribution in [1.82, 2.24) is 25.1 Å². The normalized spacial score (nSPS) is 10.7. The first-order valence-corrected chi connectivity index (χ1v) is 9.38. The summed E-state index contributed by atoms with van der Waals surface area (Å²) >= 11 is 7.43. The summed E-state index contributed by atoms with van der Waals surface area (Å²) in [4.78, 5) is 20.7. The summed E-state index contributed by atoms with van der Waals surface area (Å²) in [6.45, 7) is 0.417. The van der Waals surface area contributed by atoms with E-state index in [0.717, 1.165) is 21.8 Å². The Kier molecular flexibility index (Phi) is 4.95. The van der Waals surface area contributed by atoms with E-state index < -0.39 is 0 Å². The summed E-state index contributed by atoms with van der Waals surface area (Å²) in [7, 11) is 0. The topological polar surface area (TPSA) is 72.7 Å². The standard InChI is InChI=1S/C19H14ClN5OS/c20-15-3-1-2-14(8-15)19-24-17(10-27-19)18(26)22-9-13-4-6-16(7-5-13)25-12-21-11-23-25/h1-8,10-12H,9H2,(H,22,26). The summed E-state index contributed by atoms with van der Waals surface area (Å²) < 4.78 is 1.68. The summed E-state index contributed by atoms with van der Waals surface area (Å²) in [5, 5.41) is 10.1. The lowest BCUT2D eigenvalue weighted by Crippen LogP contribution is -2.23. The monoisotopic (exact) mass is 395 g/mol. The molecule has 0 atom stereocenters. The molecule has 0 aliphatic heterocycles. The van der Waals surface area contributed by atoms with E-state index in [1.807, 2.05) is 42.5 Å². The number of hydrogen-bond donors (Lipinski definition) is 1. The fourth-order valence-corrected chi connectivity index (χ4v) is 3.50. The summed E-state index contributed by atoms with van der Waals surface area (Å²) in [5.74, 6) is -0.208. The third kappa shape index (κ3) is 4.05. The fourth-order valence-electron chi connectivity index (χ4n) is 2.51. The molecule has 2 aromatic carbocycles.